The minimum Gasteiger partial charge on any atom is -0.480 e. The van der Waals surface area contributed by atoms with Crippen LogP contribution in [0.3, 0.4) is 0 Å². The average Bonchev–Trinajstić information content (AvgIpc) is 2.89. The number of nitrogens with one attached hydrogen (secondary N) is 1. The van der Waals surface area contributed by atoms with Gasteiger partial charge in [-0.15, -0.1) is 0 Å². The molecule has 0 spiro atoms. The molecule has 0 saturated carbocycles. The summed E-state index contributed by atoms with van der Waals surface area (Å²) in [6.07, 6.45) is 0.341. The molecule has 2 aromatic rings. The van der Waals surface area contributed by atoms with Crippen molar-refractivity contribution in [3.8, 4) is 0 Å². The van der Waals surface area contributed by atoms with Crippen molar-refractivity contribution in [3.63, 3.8) is 0 Å². The predicted molar refractivity (Wildman–Crippen MR) is 87.0 cm³/mol. The van der Waals surface area contributed by atoms with Gasteiger partial charge in [-0.2, -0.15) is 0 Å². The summed E-state index contributed by atoms with van der Waals surface area (Å²) in [5.74, 6) is -1.08. The van der Waals surface area contributed by atoms with Crippen LogP contribution in [0.15, 0.2) is 35.1 Å². The summed E-state index contributed by atoms with van der Waals surface area (Å²) < 4.78 is 1.26. The number of benzene rings is 1. The van der Waals surface area contributed by atoms with Crippen molar-refractivity contribution in [1.29, 1.82) is 0 Å². The highest BCUT2D eigenvalue weighted by atomic mass is 35.5. The smallest absolute Gasteiger partial charge is 0.326 e. The van der Waals surface area contributed by atoms with E-state index in [1.54, 1.807) is 0 Å². The van der Waals surface area contributed by atoms with Gasteiger partial charge >= 0.3 is 5.97 Å². The Kier molecular flexibility index (Phi) is 4.09. The van der Waals surface area contributed by atoms with Crippen molar-refractivity contribution in [2.24, 2.45) is 0 Å². The summed E-state index contributed by atoms with van der Waals surface area (Å²) in [6.45, 7) is 2.25. The molecule has 3 rings (SSSR count). The summed E-state index contributed by atoms with van der Waals surface area (Å²) in [5, 5.41) is 12.5. The minimum atomic E-state index is -1.03. The van der Waals surface area contributed by atoms with Gasteiger partial charge in [0.05, 0.1) is 5.69 Å². The Morgan fingerprint density at radius 3 is 2.78 bits per heavy atom. The Labute approximate surface area is 137 Å². The van der Waals surface area contributed by atoms with Crippen LogP contribution in [0, 0.1) is 0 Å². The molecule has 0 amide bonds. The molecule has 0 unspecified atom stereocenters. The number of fused-ring (bicyclic) bond motifs is 1. The third-order valence-corrected chi connectivity index (χ3v) is 4.32. The molecule has 0 aliphatic carbocycles. The van der Waals surface area contributed by atoms with Gasteiger partial charge in [0.2, 0.25) is 0 Å². The van der Waals surface area contributed by atoms with Crippen LogP contribution < -0.4 is 10.9 Å². The van der Waals surface area contributed by atoms with Crippen LogP contribution in [0.2, 0.25) is 5.15 Å². The summed E-state index contributed by atoms with van der Waals surface area (Å²) in [5.41, 5.74) is 1.03. The maximum atomic E-state index is 12.6. The summed E-state index contributed by atoms with van der Waals surface area (Å²) in [7, 11) is 0. The maximum absolute atomic E-state index is 12.6. The predicted octanol–water partition coefficient (Wildman–Crippen LogP) is 2.64. The molecule has 0 radical (unpaired) electrons. The first kappa shape index (κ1) is 15.6. The number of hydrogen-bond donors (Lipinski definition) is 2. The lowest BCUT2D eigenvalue weighted by molar-refractivity contribution is -0.140. The highest BCUT2D eigenvalue weighted by molar-refractivity contribution is 6.30. The molecule has 2 atom stereocenters. The lowest BCUT2D eigenvalue weighted by atomic mass is 10.1. The van der Waals surface area contributed by atoms with E-state index in [-0.39, 0.29) is 16.9 Å². The largest absolute Gasteiger partial charge is 0.480 e. The van der Waals surface area contributed by atoms with Gasteiger partial charge in [-0.1, -0.05) is 48.9 Å². The van der Waals surface area contributed by atoms with E-state index in [4.69, 9.17) is 11.6 Å². The number of anilines is 1. The van der Waals surface area contributed by atoms with Gasteiger partial charge in [-0.05, 0) is 12.0 Å². The molecule has 0 fully saturated rings. The van der Waals surface area contributed by atoms with E-state index in [1.165, 1.54) is 4.57 Å². The molecule has 7 heteroatoms. The number of carboxylic acid groups (broad SMARTS) is 1. The van der Waals surface area contributed by atoms with Crippen LogP contribution in [-0.4, -0.2) is 20.6 Å². The monoisotopic (exact) mass is 333 g/mol. The van der Waals surface area contributed by atoms with Crippen molar-refractivity contribution in [3.05, 3.63) is 57.1 Å². The van der Waals surface area contributed by atoms with Crippen LogP contribution in [0.5, 0.6) is 0 Å². The first-order valence-corrected chi connectivity index (χ1v) is 7.69. The van der Waals surface area contributed by atoms with Gasteiger partial charge in [0, 0.05) is 12.5 Å². The molecule has 1 aliphatic heterocycles. The second kappa shape index (κ2) is 6.04. The Morgan fingerprint density at radius 1 is 1.43 bits per heavy atom. The number of halogens is 1. The van der Waals surface area contributed by atoms with Gasteiger partial charge in [0.1, 0.15) is 6.04 Å². The fourth-order valence-corrected chi connectivity index (χ4v) is 3.30. The zero-order valence-corrected chi connectivity index (χ0v) is 13.2. The molecular weight excluding hydrogens is 318 g/mol. The molecule has 0 saturated heterocycles. The molecular formula is C16H16ClN3O3. The van der Waals surface area contributed by atoms with E-state index in [9.17, 15) is 14.7 Å². The van der Waals surface area contributed by atoms with E-state index in [0.29, 0.717) is 18.7 Å². The highest BCUT2D eigenvalue weighted by Gasteiger charge is 2.37. The third kappa shape index (κ3) is 2.82. The van der Waals surface area contributed by atoms with Crippen LogP contribution in [0.25, 0.3) is 0 Å². The molecule has 120 valence electrons. The molecule has 6 nitrogen and oxygen atoms in total. The SMILES string of the molecule is C[C@H]1C[C@@H](C(=O)O)n2c1c(Cl)nc(NCc1ccccc1)c2=O. The van der Waals surface area contributed by atoms with Crippen molar-refractivity contribution in [1.82, 2.24) is 9.55 Å². The van der Waals surface area contributed by atoms with Gasteiger partial charge in [0.15, 0.2) is 11.0 Å². The zero-order valence-electron chi connectivity index (χ0n) is 12.5. The lowest BCUT2D eigenvalue weighted by Gasteiger charge is -2.13. The second-order valence-corrected chi connectivity index (χ2v) is 6.00. The van der Waals surface area contributed by atoms with Crippen LogP contribution in [-0.2, 0) is 11.3 Å². The van der Waals surface area contributed by atoms with Crippen LogP contribution >= 0.6 is 11.6 Å². The highest BCUT2D eigenvalue weighted by Crippen LogP contribution is 2.37. The average molecular weight is 334 g/mol. The number of aromatic nitrogens is 2. The van der Waals surface area contributed by atoms with E-state index < -0.39 is 17.6 Å². The molecule has 2 heterocycles. The third-order valence-electron chi connectivity index (χ3n) is 4.05. The van der Waals surface area contributed by atoms with E-state index in [2.05, 4.69) is 10.3 Å². The Morgan fingerprint density at radius 2 is 2.13 bits per heavy atom. The first-order valence-electron chi connectivity index (χ1n) is 7.31. The fourth-order valence-electron chi connectivity index (χ4n) is 2.94. The zero-order chi connectivity index (χ0) is 16.6. The van der Waals surface area contributed by atoms with Crippen LogP contribution in [0.1, 0.15) is 36.6 Å². The Balaban J connectivity index is 1.98. The Hall–Kier alpha value is -2.34. The van der Waals surface area contributed by atoms with Gasteiger partial charge in [-0.25, -0.2) is 9.78 Å². The number of nitrogens with zero attached hydrogens (tertiary/aromatic N) is 2. The first-order chi connectivity index (χ1) is 11.0. The number of carboxylic acids is 1. The maximum Gasteiger partial charge on any atom is 0.326 e. The normalized spacial score (nSPS) is 19.4. The van der Waals surface area contributed by atoms with Crippen molar-refractivity contribution in [2.45, 2.75) is 31.8 Å². The lowest BCUT2D eigenvalue weighted by Crippen LogP contribution is -2.30. The van der Waals surface area contributed by atoms with Crippen molar-refractivity contribution < 1.29 is 9.90 Å². The number of aliphatic carboxylic acids is 1. The molecule has 1 aliphatic rings. The summed E-state index contributed by atoms with van der Waals surface area (Å²) in [6, 6.07) is 8.64. The number of hydrogen-bond acceptors (Lipinski definition) is 4. The second-order valence-electron chi connectivity index (χ2n) is 5.64. The van der Waals surface area contributed by atoms with Gasteiger partial charge in [0.25, 0.3) is 5.56 Å². The molecule has 1 aromatic carbocycles. The van der Waals surface area contributed by atoms with Crippen LogP contribution in [0.4, 0.5) is 5.82 Å². The Bertz CT molecular complexity index is 804. The molecule has 2 N–H and O–H groups in total. The van der Waals surface area contributed by atoms with E-state index in [1.807, 2.05) is 37.3 Å². The number of carbonyl (C=O) groups is 1. The van der Waals surface area contributed by atoms with E-state index in [0.717, 1.165) is 5.56 Å². The quantitative estimate of drug-likeness (QED) is 0.898. The fraction of sp³-hybridized carbons (Fsp3) is 0.312. The van der Waals surface area contributed by atoms with Gasteiger partial charge in [-0.3, -0.25) is 9.36 Å². The minimum absolute atomic E-state index is 0.0722. The van der Waals surface area contributed by atoms with Gasteiger partial charge < -0.3 is 10.4 Å². The topological polar surface area (TPSA) is 84.2 Å². The standard InChI is InChI=1S/C16H16ClN3O3/c1-9-7-11(16(22)23)20-12(9)13(17)19-14(15(20)21)18-8-10-5-3-2-4-6-10/h2-6,9,11H,7-8H2,1H3,(H,18,19)(H,22,23)/t9-,11-/m0/s1. The van der Waals surface area contributed by atoms with E-state index >= 15 is 0 Å². The summed E-state index contributed by atoms with van der Waals surface area (Å²) >= 11 is 6.19. The summed E-state index contributed by atoms with van der Waals surface area (Å²) in [4.78, 5) is 28.2. The van der Waals surface area contributed by atoms with Crippen molar-refractivity contribution >= 4 is 23.4 Å². The number of rotatable bonds is 4. The molecule has 23 heavy (non-hydrogen) atoms. The molecule has 1 aromatic heterocycles. The molecule has 0 bridgehead atoms. The van der Waals surface area contributed by atoms with Crippen molar-refractivity contribution in [2.75, 3.05) is 5.32 Å².